The average molecular weight is 260 g/mol. The molecular weight excluding hydrogens is 244 g/mol. The summed E-state index contributed by atoms with van der Waals surface area (Å²) in [6.45, 7) is 5.58. The SMILES string of the molecule is CCOC(=O)C#Cc1nccnc1N1CCNCC1. The van der Waals surface area contributed by atoms with Crippen LogP contribution in [0.15, 0.2) is 12.4 Å². The minimum atomic E-state index is -0.542. The van der Waals surface area contributed by atoms with Gasteiger partial charge >= 0.3 is 5.97 Å². The molecule has 0 atom stereocenters. The first-order chi connectivity index (χ1) is 9.31. The Morgan fingerprint density at radius 2 is 2.16 bits per heavy atom. The predicted molar refractivity (Wildman–Crippen MR) is 70.6 cm³/mol. The molecule has 1 aliphatic rings. The van der Waals surface area contributed by atoms with Crippen LogP contribution in [0, 0.1) is 11.8 Å². The molecule has 1 aliphatic heterocycles. The molecule has 0 spiro atoms. The molecule has 0 aliphatic carbocycles. The van der Waals surface area contributed by atoms with E-state index < -0.39 is 5.97 Å². The predicted octanol–water partition coefficient (Wildman–Crippen LogP) is -0.199. The second-order valence-corrected chi connectivity index (χ2v) is 3.94. The molecule has 1 N–H and O–H groups in total. The Bertz CT molecular complexity index is 501. The van der Waals surface area contributed by atoms with Crippen molar-refractivity contribution >= 4 is 11.8 Å². The molecule has 0 aromatic carbocycles. The van der Waals surface area contributed by atoms with Crippen molar-refractivity contribution in [3.05, 3.63) is 18.1 Å². The summed E-state index contributed by atoms with van der Waals surface area (Å²) in [5.74, 6) is 5.34. The number of nitrogens with zero attached hydrogens (tertiary/aromatic N) is 3. The third-order valence-corrected chi connectivity index (χ3v) is 2.65. The van der Waals surface area contributed by atoms with Gasteiger partial charge in [0.1, 0.15) is 0 Å². The molecule has 1 aromatic heterocycles. The molecule has 100 valence electrons. The number of rotatable bonds is 2. The molecule has 2 rings (SSSR count). The summed E-state index contributed by atoms with van der Waals surface area (Å²) < 4.78 is 4.76. The Balaban J connectivity index is 2.18. The standard InChI is InChI=1S/C13H16N4O2/c1-2-19-12(18)4-3-11-13(16-6-5-15-11)17-9-7-14-8-10-17/h5-6,14H,2,7-10H2,1H3. The quantitative estimate of drug-likeness (QED) is 0.587. The van der Waals surface area contributed by atoms with E-state index in [1.807, 2.05) is 0 Å². The highest BCUT2D eigenvalue weighted by Crippen LogP contribution is 2.14. The number of nitrogens with one attached hydrogen (secondary N) is 1. The van der Waals surface area contributed by atoms with Crippen molar-refractivity contribution in [2.24, 2.45) is 0 Å². The van der Waals surface area contributed by atoms with Crippen LogP contribution in [0.2, 0.25) is 0 Å². The molecule has 0 radical (unpaired) electrons. The third-order valence-electron chi connectivity index (χ3n) is 2.65. The fourth-order valence-electron chi connectivity index (χ4n) is 1.80. The minimum absolute atomic E-state index is 0.318. The van der Waals surface area contributed by atoms with Gasteiger partial charge in [0.05, 0.1) is 6.61 Å². The maximum atomic E-state index is 11.2. The first-order valence-electron chi connectivity index (χ1n) is 6.26. The zero-order valence-corrected chi connectivity index (χ0v) is 10.8. The van der Waals surface area contributed by atoms with Crippen LogP contribution in [0.3, 0.4) is 0 Å². The van der Waals surface area contributed by atoms with E-state index in [4.69, 9.17) is 4.74 Å². The van der Waals surface area contributed by atoms with Gasteiger partial charge in [0.15, 0.2) is 11.5 Å². The van der Waals surface area contributed by atoms with Crippen LogP contribution in [0.5, 0.6) is 0 Å². The van der Waals surface area contributed by atoms with Gasteiger partial charge in [0.25, 0.3) is 0 Å². The summed E-state index contributed by atoms with van der Waals surface area (Å²) in [5.41, 5.74) is 0.512. The topological polar surface area (TPSA) is 67.3 Å². The van der Waals surface area contributed by atoms with Gasteiger partial charge in [-0.1, -0.05) is 0 Å². The molecular formula is C13H16N4O2. The lowest BCUT2D eigenvalue weighted by Gasteiger charge is -2.28. The van der Waals surface area contributed by atoms with Gasteiger partial charge in [-0.05, 0) is 12.8 Å². The Hall–Kier alpha value is -2.13. The number of hydrogen-bond donors (Lipinski definition) is 1. The summed E-state index contributed by atoms with van der Waals surface area (Å²) in [4.78, 5) is 21.8. The number of carbonyl (C=O) groups excluding carboxylic acids is 1. The van der Waals surface area contributed by atoms with Gasteiger partial charge in [-0.15, -0.1) is 0 Å². The fraction of sp³-hybridized carbons (Fsp3) is 0.462. The van der Waals surface area contributed by atoms with Crippen LogP contribution in [0.25, 0.3) is 0 Å². The van der Waals surface area contributed by atoms with Gasteiger partial charge in [0, 0.05) is 44.5 Å². The van der Waals surface area contributed by atoms with E-state index in [0.29, 0.717) is 12.3 Å². The number of ether oxygens (including phenoxy) is 1. The summed E-state index contributed by atoms with van der Waals surface area (Å²) in [6.07, 6.45) is 3.20. The maximum absolute atomic E-state index is 11.2. The number of carbonyl (C=O) groups is 1. The highest BCUT2D eigenvalue weighted by molar-refractivity contribution is 5.89. The number of anilines is 1. The van der Waals surface area contributed by atoms with Gasteiger partial charge in [-0.2, -0.15) is 0 Å². The highest BCUT2D eigenvalue weighted by atomic mass is 16.5. The van der Waals surface area contributed by atoms with Crippen molar-refractivity contribution in [2.45, 2.75) is 6.92 Å². The van der Waals surface area contributed by atoms with Gasteiger partial charge in [-0.3, -0.25) is 0 Å². The van der Waals surface area contributed by atoms with Crippen LogP contribution in [0.4, 0.5) is 5.82 Å². The van der Waals surface area contributed by atoms with Crippen LogP contribution in [-0.4, -0.2) is 48.7 Å². The lowest BCUT2D eigenvalue weighted by atomic mass is 10.3. The number of aromatic nitrogens is 2. The first kappa shape index (κ1) is 13.3. The van der Waals surface area contributed by atoms with Crippen molar-refractivity contribution in [3.63, 3.8) is 0 Å². The first-order valence-corrected chi connectivity index (χ1v) is 6.26. The minimum Gasteiger partial charge on any atom is -0.456 e. The lowest BCUT2D eigenvalue weighted by molar-refractivity contribution is -0.136. The van der Waals surface area contributed by atoms with Crippen LogP contribution in [0.1, 0.15) is 12.6 Å². The largest absolute Gasteiger partial charge is 0.456 e. The van der Waals surface area contributed by atoms with Gasteiger partial charge in [0.2, 0.25) is 0 Å². The zero-order valence-electron chi connectivity index (χ0n) is 10.8. The molecule has 0 bridgehead atoms. The van der Waals surface area contributed by atoms with E-state index in [1.165, 1.54) is 0 Å². The molecule has 19 heavy (non-hydrogen) atoms. The van der Waals surface area contributed by atoms with Crippen molar-refractivity contribution in [1.29, 1.82) is 0 Å². The van der Waals surface area contributed by atoms with Crippen molar-refractivity contribution in [1.82, 2.24) is 15.3 Å². The van der Waals surface area contributed by atoms with Crippen molar-refractivity contribution in [3.8, 4) is 11.8 Å². The molecule has 0 saturated carbocycles. The van der Waals surface area contributed by atoms with Gasteiger partial charge in [-0.25, -0.2) is 14.8 Å². The average Bonchev–Trinajstić information content (AvgIpc) is 2.47. The number of piperazine rings is 1. The van der Waals surface area contributed by atoms with E-state index in [0.717, 1.165) is 32.0 Å². The summed E-state index contributed by atoms with van der Waals surface area (Å²) in [7, 11) is 0. The van der Waals surface area contributed by atoms with E-state index in [9.17, 15) is 4.79 Å². The molecule has 1 aromatic rings. The van der Waals surface area contributed by atoms with E-state index in [-0.39, 0.29) is 0 Å². The Labute approximate surface area is 112 Å². The number of hydrogen-bond acceptors (Lipinski definition) is 6. The molecule has 6 heteroatoms. The highest BCUT2D eigenvalue weighted by Gasteiger charge is 2.15. The molecule has 2 heterocycles. The van der Waals surface area contributed by atoms with Crippen molar-refractivity contribution in [2.75, 3.05) is 37.7 Å². The summed E-state index contributed by atoms with van der Waals surface area (Å²) in [5, 5.41) is 3.27. The Morgan fingerprint density at radius 3 is 2.89 bits per heavy atom. The summed E-state index contributed by atoms with van der Waals surface area (Å²) >= 11 is 0. The van der Waals surface area contributed by atoms with Gasteiger partial charge < -0.3 is 15.0 Å². The normalized spacial score (nSPS) is 14.5. The lowest BCUT2D eigenvalue weighted by Crippen LogP contribution is -2.44. The van der Waals surface area contributed by atoms with Crippen molar-refractivity contribution < 1.29 is 9.53 Å². The van der Waals surface area contributed by atoms with E-state index >= 15 is 0 Å². The fourth-order valence-corrected chi connectivity index (χ4v) is 1.80. The molecule has 1 saturated heterocycles. The Kier molecular flexibility index (Phi) is 4.70. The third kappa shape index (κ3) is 3.66. The monoisotopic (exact) mass is 260 g/mol. The van der Waals surface area contributed by atoms with E-state index in [1.54, 1.807) is 19.3 Å². The smallest absolute Gasteiger partial charge is 0.384 e. The Morgan fingerprint density at radius 1 is 1.42 bits per heavy atom. The van der Waals surface area contributed by atoms with E-state index in [2.05, 4.69) is 32.0 Å². The van der Waals surface area contributed by atoms with Crippen LogP contribution < -0.4 is 10.2 Å². The second-order valence-electron chi connectivity index (χ2n) is 3.94. The number of esters is 1. The van der Waals surface area contributed by atoms with Crippen LogP contribution in [-0.2, 0) is 9.53 Å². The maximum Gasteiger partial charge on any atom is 0.384 e. The zero-order chi connectivity index (χ0) is 13.5. The molecule has 6 nitrogen and oxygen atoms in total. The molecule has 0 unspecified atom stereocenters. The summed E-state index contributed by atoms with van der Waals surface area (Å²) in [6, 6.07) is 0. The second kappa shape index (κ2) is 6.71. The molecule has 0 amide bonds. The van der Waals surface area contributed by atoms with Crippen LogP contribution >= 0.6 is 0 Å². The molecule has 1 fully saturated rings.